The van der Waals surface area contributed by atoms with Gasteiger partial charge < -0.3 is 9.66 Å². The maximum atomic E-state index is 10.9. The molecule has 0 saturated carbocycles. The molecule has 0 aromatic rings. The monoisotopic (exact) mass is 346 g/mol. The summed E-state index contributed by atoms with van der Waals surface area (Å²) in [6, 6.07) is 0. The van der Waals surface area contributed by atoms with E-state index in [1.807, 2.05) is 0 Å². The summed E-state index contributed by atoms with van der Waals surface area (Å²) in [5.41, 5.74) is 0. The van der Waals surface area contributed by atoms with E-state index in [1.165, 1.54) is 32.1 Å². The second-order valence-electron chi connectivity index (χ2n) is 5.57. The normalized spacial score (nSPS) is 12.9. The number of aliphatic hydroxyl groups excluding tert-OH is 1. The molecule has 0 fully saturated rings. The zero-order valence-corrected chi connectivity index (χ0v) is 17.8. The fourth-order valence-corrected chi connectivity index (χ4v) is 3.31. The van der Waals surface area contributed by atoms with Crippen molar-refractivity contribution in [2.24, 2.45) is 0 Å². The third-order valence-corrected chi connectivity index (χ3v) is 5.18. The first-order valence-corrected chi connectivity index (χ1v) is 9.55. The Bertz CT molecular complexity index is 307. The van der Waals surface area contributed by atoms with Gasteiger partial charge in [0.15, 0.2) is 0 Å². The van der Waals surface area contributed by atoms with E-state index >= 15 is 0 Å². The van der Waals surface area contributed by atoms with E-state index in [-0.39, 0.29) is 51.4 Å². The molecule has 0 heterocycles. The van der Waals surface area contributed by atoms with Gasteiger partial charge in [-0.25, -0.2) is 8.42 Å². The minimum Gasteiger partial charge on any atom is -0.748 e. The quantitative estimate of drug-likeness (QED) is 0.284. The van der Waals surface area contributed by atoms with Crippen molar-refractivity contribution in [2.45, 2.75) is 89.2 Å². The SMILES string of the molecule is CCC(CCCCCCCCCCCCO)S(=O)(=O)[O-].[K+]. The molecule has 0 aliphatic rings. The minimum atomic E-state index is -4.10. The number of unbranched alkanes of at least 4 members (excludes halogenated alkanes) is 9. The van der Waals surface area contributed by atoms with Crippen LogP contribution in [0, 0.1) is 0 Å². The molecule has 0 aromatic heterocycles. The van der Waals surface area contributed by atoms with Crippen molar-refractivity contribution in [3.05, 3.63) is 0 Å². The zero-order chi connectivity index (χ0) is 15.3. The molecule has 122 valence electrons. The predicted octanol–water partition coefficient (Wildman–Crippen LogP) is 0.598. The number of hydrogen-bond acceptors (Lipinski definition) is 4. The van der Waals surface area contributed by atoms with E-state index in [1.54, 1.807) is 6.92 Å². The summed E-state index contributed by atoms with van der Waals surface area (Å²) in [5, 5.41) is 7.95. The molecule has 0 bridgehead atoms. The van der Waals surface area contributed by atoms with Crippen molar-refractivity contribution in [1.82, 2.24) is 0 Å². The van der Waals surface area contributed by atoms with Gasteiger partial charge >= 0.3 is 51.4 Å². The van der Waals surface area contributed by atoms with Gasteiger partial charge in [0.1, 0.15) is 0 Å². The van der Waals surface area contributed by atoms with Gasteiger partial charge in [-0.1, -0.05) is 64.7 Å². The molecule has 0 rings (SSSR count). The maximum Gasteiger partial charge on any atom is 1.00 e. The molecular weight excluding hydrogens is 315 g/mol. The van der Waals surface area contributed by atoms with Crippen LogP contribution in [0.15, 0.2) is 0 Å². The predicted molar refractivity (Wildman–Crippen MR) is 81.6 cm³/mol. The Morgan fingerprint density at radius 2 is 1.24 bits per heavy atom. The summed E-state index contributed by atoms with van der Waals surface area (Å²) < 4.78 is 32.7. The third kappa shape index (κ3) is 16.2. The van der Waals surface area contributed by atoms with Crippen molar-refractivity contribution < 1.29 is 69.5 Å². The van der Waals surface area contributed by atoms with Gasteiger partial charge in [-0.15, -0.1) is 0 Å². The fraction of sp³-hybridized carbons (Fsp3) is 1.00. The maximum absolute atomic E-state index is 10.9. The van der Waals surface area contributed by atoms with Crippen molar-refractivity contribution in [1.29, 1.82) is 0 Å². The van der Waals surface area contributed by atoms with Gasteiger partial charge in [0.25, 0.3) is 0 Å². The first-order valence-electron chi connectivity index (χ1n) is 8.08. The van der Waals surface area contributed by atoms with E-state index in [0.717, 1.165) is 32.1 Å². The van der Waals surface area contributed by atoms with Crippen LogP contribution >= 0.6 is 0 Å². The van der Waals surface area contributed by atoms with Gasteiger partial charge in [0.2, 0.25) is 0 Å². The molecule has 0 spiro atoms. The Morgan fingerprint density at radius 3 is 1.57 bits per heavy atom. The molecule has 6 heteroatoms. The molecule has 4 nitrogen and oxygen atoms in total. The molecule has 0 aliphatic heterocycles. The second kappa shape index (κ2) is 16.4. The second-order valence-corrected chi connectivity index (χ2v) is 7.22. The zero-order valence-electron chi connectivity index (χ0n) is 13.8. The fourth-order valence-electron chi connectivity index (χ4n) is 2.45. The van der Waals surface area contributed by atoms with E-state index < -0.39 is 15.4 Å². The van der Waals surface area contributed by atoms with Gasteiger partial charge in [-0.2, -0.15) is 0 Å². The van der Waals surface area contributed by atoms with Crippen LogP contribution in [0.2, 0.25) is 0 Å². The van der Waals surface area contributed by atoms with Gasteiger partial charge in [-0.05, 0) is 19.3 Å². The summed E-state index contributed by atoms with van der Waals surface area (Å²) in [5.74, 6) is 0. The molecule has 0 aliphatic carbocycles. The van der Waals surface area contributed by atoms with Crippen molar-refractivity contribution in [3.63, 3.8) is 0 Å². The molecule has 1 unspecified atom stereocenters. The topological polar surface area (TPSA) is 77.4 Å². The van der Waals surface area contributed by atoms with Crippen LogP contribution in [0.25, 0.3) is 0 Å². The number of hydrogen-bond donors (Lipinski definition) is 1. The van der Waals surface area contributed by atoms with Crippen LogP contribution in [0.3, 0.4) is 0 Å². The van der Waals surface area contributed by atoms with Gasteiger partial charge in [0.05, 0.1) is 10.1 Å². The Hall–Kier alpha value is 1.51. The van der Waals surface area contributed by atoms with Crippen molar-refractivity contribution >= 4 is 10.1 Å². The van der Waals surface area contributed by atoms with Crippen molar-refractivity contribution in [3.8, 4) is 0 Å². The Morgan fingerprint density at radius 1 is 0.857 bits per heavy atom. The van der Waals surface area contributed by atoms with E-state index in [9.17, 15) is 13.0 Å². The van der Waals surface area contributed by atoms with Crippen molar-refractivity contribution in [2.75, 3.05) is 6.61 Å². The van der Waals surface area contributed by atoms with Crippen LogP contribution < -0.4 is 51.4 Å². The third-order valence-electron chi connectivity index (χ3n) is 3.80. The van der Waals surface area contributed by atoms with E-state index in [2.05, 4.69) is 0 Å². The summed E-state index contributed by atoms with van der Waals surface area (Å²) in [6.07, 6.45) is 12.1. The van der Waals surface area contributed by atoms with E-state index in [4.69, 9.17) is 5.11 Å². The van der Waals surface area contributed by atoms with Crippen LogP contribution in [0.5, 0.6) is 0 Å². The smallest absolute Gasteiger partial charge is 0.748 e. The summed E-state index contributed by atoms with van der Waals surface area (Å²) in [4.78, 5) is 0. The molecule has 0 aromatic carbocycles. The molecule has 21 heavy (non-hydrogen) atoms. The van der Waals surface area contributed by atoms with Crippen LogP contribution in [-0.2, 0) is 10.1 Å². The summed E-state index contributed by atoms with van der Waals surface area (Å²) in [6.45, 7) is 2.06. The van der Waals surface area contributed by atoms with Gasteiger partial charge in [-0.3, -0.25) is 0 Å². The van der Waals surface area contributed by atoms with Crippen LogP contribution in [0.4, 0.5) is 0 Å². The number of rotatable bonds is 14. The average molecular weight is 347 g/mol. The molecule has 1 atom stereocenters. The summed E-state index contributed by atoms with van der Waals surface area (Å²) >= 11 is 0. The molecule has 0 radical (unpaired) electrons. The first-order chi connectivity index (χ1) is 9.52. The summed E-state index contributed by atoms with van der Waals surface area (Å²) in [7, 11) is -4.10. The standard InChI is InChI=1S/C15H32O4S.K/c1-2-15(20(17,18)19)13-11-9-7-5-3-4-6-8-10-12-14-16;/h15-16H,2-14H2,1H3,(H,17,18,19);/q;+1/p-1. The molecule has 1 N–H and O–H groups in total. The van der Waals surface area contributed by atoms with Gasteiger partial charge in [0, 0.05) is 11.9 Å². The minimum absolute atomic E-state index is 0. The number of aliphatic hydroxyl groups is 1. The first kappa shape index (κ1) is 24.8. The largest absolute Gasteiger partial charge is 1.00 e. The molecular formula is C15H31KO4S. The van der Waals surface area contributed by atoms with E-state index in [0.29, 0.717) is 19.4 Å². The Balaban J connectivity index is 0. The Labute approximate surface area is 173 Å². The molecule has 0 amide bonds. The molecule has 0 saturated heterocycles. The Kier molecular flexibility index (Phi) is 19.3. The van der Waals surface area contributed by atoms with Crippen LogP contribution in [-0.4, -0.2) is 29.9 Å². The van der Waals surface area contributed by atoms with Crippen LogP contribution in [0.1, 0.15) is 84.0 Å². The average Bonchev–Trinajstić information content (AvgIpc) is 2.38.